The predicted molar refractivity (Wildman–Crippen MR) is 166 cm³/mol. The maximum absolute atomic E-state index is 13.9. The number of halogens is 2. The molecule has 2 unspecified atom stereocenters. The molecule has 3 rings (SSSR count). The number of allylic oxidation sites excluding steroid dienone is 2. The highest BCUT2D eigenvalue weighted by molar-refractivity contribution is 4.96. The van der Waals surface area contributed by atoms with Gasteiger partial charge in [-0.15, -0.1) is 0 Å². The molecular weight excluding hydrogens is 482 g/mol. The van der Waals surface area contributed by atoms with Gasteiger partial charge in [0.1, 0.15) is 0 Å². The summed E-state index contributed by atoms with van der Waals surface area (Å²) in [5, 5.41) is 0. The summed E-state index contributed by atoms with van der Waals surface area (Å²) in [7, 11) is 0. The molecule has 3 saturated carbocycles. The van der Waals surface area contributed by atoms with Crippen LogP contribution in [0.3, 0.4) is 0 Å². The minimum atomic E-state index is -2.41. The van der Waals surface area contributed by atoms with E-state index in [4.69, 9.17) is 0 Å². The zero-order chi connectivity index (χ0) is 27.8. The molecule has 0 N–H and O–H groups in total. The van der Waals surface area contributed by atoms with Crippen molar-refractivity contribution in [3.63, 3.8) is 0 Å². The number of hydrogen-bond donors (Lipinski definition) is 0. The number of rotatable bonds is 18. The first-order valence-corrected chi connectivity index (χ1v) is 18.0. The largest absolute Gasteiger partial charge is 0.250 e. The van der Waals surface area contributed by atoms with Gasteiger partial charge < -0.3 is 0 Å². The smallest absolute Gasteiger partial charge is 0.207 e. The summed E-state index contributed by atoms with van der Waals surface area (Å²) in [6.45, 7) is 4.03. The topological polar surface area (TPSA) is 0 Å². The molecule has 0 bridgehead atoms. The summed E-state index contributed by atoms with van der Waals surface area (Å²) in [6, 6.07) is 0. The Morgan fingerprint density at radius 3 is 1.33 bits per heavy atom. The van der Waals surface area contributed by atoms with Gasteiger partial charge in [-0.3, -0.25) is 0 Å². The van der Waals surface area contributed by atoms with Gasteiger partial charge in [0.15, 0.2) is 0 Å². The molecule has 0 spiro atoms. The van der Waals surface area contributed by atoms with Gasteiger partial charge in [0, 0.05) is 12.3 Å². The summed E-state index contributed by atoms with van der Waals surface area (Å²) in [4.78, 5) is 0. The molecule has 0 amide bonds. The van der Waals surface area contributed by atoms with E-state index in [2.05, 4.69) is 19.1 Å². The fraction of sp³-hybridized carbons (Fsp3) is 0.946. The van der Waals surface area contributed by atoms with Crippen LogP contribution in [0.2, 0.25) is 0 Å². The van der Waals surface area contributed by atoms with Crippen molar-refractivity contribution >= 4 is 0 Å². The standard InChI is InChI=1S/C37H66F2/c1-3-4-5-6-7-9-12-15-32-20-24-34(25-21-32)28-29-35-26-22-33(23-27-35)16-13-10-8-11-14-17-36-19-18-31(2)37(38,39)30-36/h28-29,31-36H,3-27,30H2,1-2H3. The van der Waals surface area contributed by atoms with Crippen LogP contribution in [0, 0.1) is 35.5 Å². The molecule has 228 valence electrons. The van der Waals surface area contributed by atoms with E-state index in [0.717, 1.165) is 49.4 Å². The summed E-state index contributed by atoms with van der Waals surface area (Å²) in [5.74, 6) is 1.15. The van der Waals surface area contributed by atoms with E-state index in [1.807, 2.05) is 0 Å². The Bertz CT molecular complexity index is 623. The average molecular weight is 549 g/mol. The Morgan fingerprint density at radius 1 is 0.513 bits per heavy atom. The molecule has 0 aliphatic heterocycles. The van der Waals surface area contributed by atoms with Crippen LogP contribution in [0.4, 0.5) is 8.78 Å². The zero-order valence-electron chi connectivity index (χ0n) is 26.3. The third-order valence-electron chi connectivity index (χ3n) is 11.2. The van der Waals surface area contributed by atoms with Gasteiger partial charge in [0.2, 0.25) is 0 Å². The van der Waals surface area contributed by atoms with Gasteiger partial charge in [0.25, 0.3) is 5.92 Å². The van der Waals surface area contributed by atoms with Crippen LogP contribution in [-0.2, 0) is 0 Å². The van der Waals surface area contributed by atoms with Crippen LogP contribution in [0.1, 0.15) is 181 Å². The van der Waals surface area contributed by atoms with Crippen LogP contribution >= 0.6 is 0 Å². The first kappa shape index (κ1) is 33.1. The summed E-state index contributed by atoms with van der Waals surface area (Å²) in [5.41, 5.74) is 0. The minimum absolute atomic E-state index is 0.145. The van der Waals surface area contributed by atoms with E-state index < -0.39 is 11.8 Å². The predicted octanol–water partition coefficient (Wildman–Crippen LogP) is 13.1. The molecule has 2 heteroatoms. The molecular formula is C37H66F2. The fourth-order valence-corrected chi connectivity index (χ4v) is 8.07. The van der Waals surface area contributed by atoms with E-state index in [9.17, 15) is 8.78 Å². The monoisotopic (exact) mass is 549 g/mol. The van der Waals surface area contributed by atoms with Crippen LogP contribution in [0.25, 0.3) is 0 Å². The zero-order valence-corrected chi connectivity index (χ0v) is 26.3. The third kappa shape index (κ3) is 13.4. The van der Waals surface area contributed by atoms with Gasteiger partial charge >= 0.3 is 0 Å². The Balaban J connectivity index is 1.13. The van der Waals surface area contributed by atoms with Crippen LogP contribution in [0.5, 0.6) is 0 Å². The number of hydrogen-bond acceptors (Lipinski definition) is 0. The molecule has 0 aromatic heterocycles. The third-order valence-corrected chi connectivity index (χ3v) is 11.2. The Labute approximate surface area is 243 Å². The molecule has 0 aromatic rings. The van der Waals surface area contributed by atoms with Crippen molar-refractivity contribution in [3.05, 3.63) is 12.2 Å². The van der Waals surface area contributed by atoms with E-state index in [0.29, 0.717) is 0 Å². The molecule has 2 atom stereocenters. The van der Waals surface area contributed by atoms with Gasteiger partial charge in [-0.1, -0.05) is 122 Å². The molecule has 0 heterocycles. The molecule has 0 nitrogen and oxygen atoms in total. The second kappa shape index (κ2) is 18.9. The first-order valence-electron chi connectivity index (χ1n) is 18.0. The normalized spacial score (nSPS) is 31.6. The Hall–Kier alpha value is -0.400. The number of unbranched alkanes of at least 4 members (excludes halogenated alkanes) is 10. The lowest BCUT2D eigenvalue weighted by Gasteiger charge is -2.34. The Morgan fingerprint density at radius 2 is 0.897 bits per heavy atom. The van der Waals surface area contributed by atoms with Crippen LogP contribution in [0.15, 0.2) is 12.2 Å². The van der Waals surface area contributed by atoms with Crippen molar-refractivity contribution in [2.75, 3.05) is 0 Å². The second-order valence-corrected chi connectivity index (χ2v) is 14.5. The van der Waals surface area contributed by atoms with Crippen LogP contribution < -0.4 is 0 Å². The molecule has 0 aromatic carbocycles. The maximum atomic E-state index is 13.9. The summed E-state index contributed by atoms with van der Waals surface area (Å²) < 4.78 is 27.9. The summed E-state index contributed by atoms with van der Waals surface area (Å²) in [6.07, 6.45) is 39.2. The van der Waals surface area contributed by atoms with Gasteiger partial charge in [-0.25, -0.2) is 8.78 Å². The Kier molecular flexibility index (Phi) is 16.1. The van der Waals surface area contributed by atoms with Gasteiger partial charge in [0.05, 0.1) is 0 Å². The van der Waals surface area contributed by atoms with Crippen molar-refractivity contribution in [2.45, 2.75) is 187 Å². The van der Waals surface area contributed by atoms with Crippen molar-refractivity contribution in [3.8, 4) is 0 Å². The molecule has 3 aliphatic rings. The lowest BCUT2D eigenvalue weighted by Crippen LogP contribution is -2.33. The van der Waals surface area contributed by atoms with E-state index >= 15 is 0 Å². The van der Waals surface area contributed by atoms with E-state index in [-0.39, 0.29) is 12.3 Å². The fourth-order valence-electron chi connectivity index (χ4n) is 8.07. The maximum Gasteiger partial charge on any atom is 0.250 e. The molecule has 0 radical (unpaired) electrons. The van der Waals surface area contributed by atoms with E-state index in [1.54, 1.807) is 6.92 Å². The minimum Gasteiger partial charge on any atom is -0.207 e. The SMILES string of the molecule is CCCCCCCCCC1CCC(C=CC2CCC(CCCCCCCC3CCC(C)C(F)(F)C3)CC2)CC1. The molecule has 3 aliphatic carbocycles. The van der Waals surface area contributed by atoms with Crippen LogP contribution in [-0.4, -0.2) is 5.92 Å². The first-order chi connectivity index (χ1) is 19.0. The lowest BCUT2D eigenvalue weighted by molar-refractivity contribution is -0.0964. The highest BCUT2D eigenvalue weighted by Gasteiger charge is 2.41. The van der Waals surface area contributed by atoms with Gasteiger partial charge in [-0.05, 0) is 93.8 Å². The molecule has 0 saturated heterocycles. The molecule has 39 heavy (non-hydrogen) atoms. The van der Waals surface area contributed by atoms with E-state index in [1.165, 1.54) is 135 Å². The lowest BCUT2D eigenvalue weighted by atomic mass is 9.77. The van der Waals surface area contributed by atoms with Crippen molar-refractivity contribution in [1.82, 2.24) is 0 Å². The van der Waals surface area contributed by atoms with Crippen molar-refractivity contribution < 1.29 is 8.78 Å². The molecule has 3 fully saturated rings. The van der Waals surface area contributed by atoms with Crippen molar-refractivity contribution in [2.24, 2.45) is 35.5 Å². The summed E-state index contributed by atoms with van der Waals surface area (Å²) >= 11 is 0. The quantitative estimate of drug-likeness (QED) is 0.118. The highest BCUT2D eigenvalue weighted by atomic mass is 19.3. The second-order valence-electron chi connectivity index (χ2n) is 14.5. The average Bonchev–Trinajstić information content (AvgIpc) is 2.94. The van der Waals surface area contributed by atoms with Crippen molar-refractivity contribution in [1.29, 1.82) is 0 Å². The van der Waals surface area contributed by atoms with Gasteiger partial charge in [-0.2, -0.15) is 0 Å². The number of alkyl halides is 2. The highest BCUT2D eigenvalue weighted by Crippen LogP contribution is 2.42.